The molecule has 0 unspecified atom stereocenters. The fourth-order valence-electron chi connectivity index (χ4n) is 1.14. The number of esters is 1. The highest BCUT2D eigenvalue weighted by atomic mass is 16.5. The smallest absolute Gasteiger partial charge is 0.305 e. The van der Waals surface area contributed by atoms with Crippen LogP contribution in [0.2, 0.25) is 0 Å². The van der Waals surface area contributed by atoms with Crippen molar-refractivity contribution in [2.45, 2.75) is 52.4 Å². The molecule has 0 atom stereocenters. The quantitative estimate of drug-likeness (QED) is 0.339. The Morgan fingerprint density at radius 3 is 2.71 bits per heavy atom. The Bertz CT molecular complexity index is 162. The van der Waals surface area contributed by atoms with Crippen LogP contribution in [0.25, 0.3) is 0 Å². The van der Waals surface area contributed by atoms with Gasteiger partial charge in [0.2, 0.25) is 0 Å². The second-order valence-corrected chi connectivity index (χ2v) is 3.39. The molecule has 2 heteroatoms. The number of carbonyl (C=O) groups excluding carboxylic acids is 1. The molecule has 0 N–H and O–H groups in total. The lowest BCUT2D eigenvalue weighted by Crippen LogP contribution is -2.05. The molecule has 0 radical (unpaired) electrons. The summed E-state index contributed by atoms with van der Waals surface area (Å²) >= 11 is 0. The Morgan fingerprint density at radius 2 is 2.07 bits per heavy atom. The summed E-state index contributed by atoms with van der Waals surface area (Å²) < 4.78 is 5.06. The summed E-state index contributed by atoms with van der Waals surface area (Å²) in [5.41, 5.74) is 0. The van der Waals surface area contributed by atoms with E-state index < -0.39 is 0 Å². The minimum atomic E-state index is -0.0504. The molecule has 0 saturated heterocycles. The number of rotatable bonds is 8. The SMILES string of the molecule is CC=CCCCC(=O)OCCCCC. The monoisotopic (exact) mass is 198 g/mol. The second-order valence-electron chi connectivity index (χ2n) is 3.39. The van der Waals surface area contributed by atoms with Gasteiger partial charge in [-0.1, -0.05) is 31.9 Å². The maximum atomic E-state index is 11.1. The van der Waals surface area contributed by atoms with E-state index in [2.05, 4.69) is 13.0 Å². The summed E-state index contributed by atoms with van der Waals surface area (Å²) in [4.78, 5) is 11.1. The molecule has 0 spiro atoms. The van der Waals surface area contributed by atoms with Crippen molar-refractivity contribution in [1.29, 1.82) is 0 Å². The van der Waals surface area contributed by atoms with Crippen molar-refractivity contribution in [3.05, 3.63) is 12.2 Å². The lowest BCUT2D eigenvalue weighted by molar-refractivity contribution is -0.143. The maximum Gasteiger partial charge on any atom is 0.305 e. The molecule has 0 aliphatic heterocycles. The molecule has 0 saturated carbocycles. The molecule has 0 aliphatic rings. The van der Waals surface area contributed by atoms with Crippen LogP contribution in [-0.2, 0) is 9.53 Å². The van der Waals surface area contributed by atoms with Crippen LogP contribution in [-0.4, -0.2) is 12.6 Å². The number of allylic oxidation sites excluding steroid dienone is 2. The average Bonchev–Trinajstić information content (AvgIpc) is 2.19. The van der Waals surface area contributed by atoms with Gasteiger partial charge in [0.15, 0.2) is 0 Å². The minimum Gasteiger partial charge on any atom is -0.466 e. The van der Waals surface area contributed by atoms with Gasteiger partial charge in [-0.05, 0) is 26.2 Å². The number of hydrogen-bond acceptors (Lipinski definition) is 2. The average molecular weight is 198 g/mol. The summed E-state index contributed by atoms with van der Waals surface area (Å²) in [6, 6.07) is 0. The molecule has 0 fully saturated rings. The van der Waals surface area contributed by atoms with Crippen LogP contribution in [0.5, 0.6) is 0 Å². The Labute approximate surface area is 87.3 Å². The van der Waals surface area contributed by atoms with Gasteiger partial charge < -0.3 is 4.74 Å². The molecule has 14 heavy (non-hydrogen) atoms. The van der Waals surface area contributed by atoms with Gasteiger partial charge in [0.25, 0.3) is 0 Å². The highest BCUT2D eigenvalue weighted by Crippen LogP contribution is 2.00. The van der Waals surface area contributed by atoms with E-state index in [0.29, 0.717) is 13.0 Å². The molecule has 0 aromatic carbocycles. The van der Waals surface area contributed by atoms with E-state index in [1.807, 2.05) is 13.0 Å². The standard InChI is InChI=1S/C12H22O2/c1-3-5-7-8-10-12(13)14-11-9-6-4-2/h3,5H,4,6-11H2,1-2H3. The van der Waals surface area contributed by atoms with Crippen molar-refractivity contribution in [3.63, 3.8) is 0 Å². The second kappa shape index (κ2) is 10.3. The molecule has 82 valence electrons. The Hall–Kier alpha value is -0.790. The highest BCUT2D eigenvalue weighted by Gasteiger charge is 2.00. The highest BCUT2D eigenvalue weighted by molar-refractivity contribution is 5.69. The van der Waals surface area contributed by atoms with Crippen molar-refractivity contribution < 1.29 is 9.53 Å². The number of ether oxygens (including phenoxy) is 1. The molecule has 0 aromatic heterocycles. The van der Waals surface area contributed by atoms with Crippen molar-refractivity contribution in [2.75, 3.05) is 6.61 Å². The third-order valence-corrected chi connectivity index (χ3v) is 2.00. The topological polar surface area (TPSA) is 26.3 Å². The lowest BCUT2D eigenvalue weighted by atomic mass is 10.2. The van der Waals surface area contributed by atoms with Crippen LogP contribution in [0.15, 0.2) is 12.2 Å². The van der Waals surface area contributed by atoms with Crippen LogP contribution in [0.1, 0.15) is 52.4 Å². The summed E-state index contributed by atoms with van der Waals surface area (Å²) in [7, 11) is 0. The summed E-state index contributed by atoms with van der Waals surface area (Å²) in [6.07, 6.45) is 9.81. The molecule has 0 heterocycles. The van der Waals surface area contributed by atoms with Gasteiger partial charge in [0.05, 0.1) is 6.61 Å². The first kappa shape index (κ1) is 13.2. The predicted octanol–water partition coefficient (Wildman–Crippen LogP) is 3.47. The summed E-state index contributed by atoms with van der Waals surface area (Å²) in [6.45, 7) is 4.72. The van der Waals surface area contributed by atoms with Gasteiger partial charge in [-0.25, -0.2) is 0 Å². The Morgan fingerprint density at radius 1 is 1.29 bits per heavy atom. The van der Waals surface area contributed by atoms with E-state index in [0.717, 1.165) is 25.7 Å². The molecule has 2 nitrogen and oxygen atoms in total. The van der Waals surface area contributed by atoms with Crippen LogP contribution < -0.4 is 0 Å². The van der Waals surface area contributed by atoms with Crippen LogP contribution in [0, 0.1) is 0 Å². The van der Waals surface area contributed by atoms with Crippen molar-refractivity contribution >= 4 is 5.97 Å². The van der Waals surface area contributed by atoms with Crippen molar-refractivity contribution in [2.24, 2.45) is 0 Å². The van der Waals surface area contributed by atoms with E-state index in [-0.39, 0.29) is 5.97 Å². The van der Waals surface area contributed by atoms with E-state index in [1.54, 1.807) is 0 Å². The Balaban J connectivity index is 3.19. The number of carbonyl (C=O) groups is 1. The van der Waals surface area contributed by atoms with Gasteiger partial charge in [0.1, 0.15) is 0 Å². The number of unbranched alkanes of at least 4 members (excludes halogenated alkanes) is 3. The normalized spacial score (nSPS) is 10.7. The van der Waals surface area contributed by atoms with Crippen molar-refractivity contribution in [1.82, 2.24) is 0 Å². The zero-order chi connectivity index (χ0) is 10.6. The maximum absolute atomic E-state index is 11.1. The molecular weight excluding hydrogens is 176 g/mol. The third-order valence-electron chi connectivity index (χ3n) is 2.00. The van der Waals surface area contributed by atoms with Crippen LogP contribution in [0.4, 0.5) is 0 Å². The van der Waals surface area contributed by atoms with Gasteiger partial charge in [-0.15, -0.1) is 0 Å². The first-order valence-electron chi connectivity index (χ1n) is 5.58. The van der Waals surface area contributed by atoms with Crippen LogP contribution >= 0.6 is 0 Å². The zero-order valence-electron chi connectivity index (χ0n) is 9.42. The molecule has 0 amide bonds. The fraction of sp³-hybridized carbons (Fsp3) is 0.750. The van der Waals surface area contributed by atoms with Crippen LogP contribution in [0.3, 0.4) is 0 Å². The van der Waals surface area contributed by atoms with E-state index in [9.17, 15) is 4.79 Å². The zero-order valence-corrected chi connectivity index (χ0v) is 9.42. The van der Waals surface area contributed by atoms with Gasteiger partial charge >= 0.3 is 5.97 Å². The lowest BCUT2D eigenvalue weighted by Gasteiger charge is -2.02. The fourth-order valence-corrected chi connectivity index (χ4v) is 1.14. The van der Waals surface area contributed by atoms with Gasteiger partial charge in [-0.2, -0.15) is 0 Å². The largest absolute Gasteiger partial charge is 0.466 e. The third kappa shape index (κ3) is 9.30. The first-order valence-corrected chi connectivity index (χ1v) is 5.58. The Kier molecular flexibility index (Phi) is 9.71. The molecule has 0 rings (SSSR count). The first-order chi connectivity index (χ1) is 6.81. The molecule has 0 bridgehead atoms. The van der Waals surface area contributed by atoms with E-state index in [4.69, 9.17) is 4.74 Å². The summed E-state index contributed by atoms with van der Waals surface area (Å²) in [5.74, 6) is -0.0504. The van der Waals surface area contributed by atoms with E-state index in [1.165, 1.54) is 6.42 Å². The predicted molar refractivity (Wildman–Crippen MR) is 59.1 cm³/mol. The molecule has 0 aromatic rings. The van der Waals surface area contributed by atoms with Gasteiger partial charge in [0, 0.05) is 6.42 Å². The van der Waals surface area contributed by atoms with E-state index >= 15 is 0 Å². The number of hydrogen-bond donors (Lipinski definition) is 0. The van der Waals surface area contributed by atoms with Crippen molar-refractivity contribution in [3.8, 4) is 0 Å². The summed E-state index contributed by atoms with van der Waals surface area (Å²) in [5, 5.41) is 0. The molecule has 0 aliphatic carbocycles. The van der Waals surface area contributed by atoms with Gasteiger partial charge in [-0.3, -0.25) is 4.79 Å². The minimum absolute atomic E-state index is 0.0504. The molecular formula is C12H22O2.